The Morgan fingerprint density at radius 3 is 2.47 bits per heavy atom. The molecular formula is C12H17N3O3S. The highest BCUT2D eigenvalue weighted by Crippen LogP contribution is 2.15. The molecule has 7 heteroatoms. The molecule has 0 aliphatic carbocycles. The molecule has 3 N–H and O–H groups in total. The molecule has 1 heterocycles. The Kier molecular flexibility index (Phi) is 3.88. The van der Waals surface area contributed by atoms with Crippen molar-refractivity contribution in [2.24, 2.45) is 5.73 Å². The molecule has 104 valence electrons. The van der Waals surface area contributed by atoms with Crippen molar-refractivity contribution in [3.05, 3.63) is 29.8 Å². The summed E-state index contributed by atoms with van der Waals surface area (Å²) in [6, 6.07) is 5.93. The quantitative estimate of drug-likeness (QED) is 0.801. The minimum absolute atomic E-state index is 0.0351. The van der Waals surface area contributed by atoms with Gasteiger partial charge in [0, 0.05) is 24.7 Å². The molecule has 1 atom stereocenters. The molecule has 0 spiro atoms. The third kappa shape index (κ3) is 2.94. The van der Waals surface area contributed by atoms with E-state index in [1.807, 2.05) is 0 Å². The van der Waals surface area contributed by atoms with E-state index in [4.69, 9.17) is 5.73 Å². The van der Waals surface area contributed by atoms with E-state index in [1.54, 1.807) is 4.90 Å². The lowest BCUT2D eigenvalue weighted by Crippen LogP contribution is -2.31. The second-order valence-corrected chi connectivity index (χ2v) is 6.42. The number of nitrogens with one attached hydrogen (secondary N) is 1. The van der Waals surface area contributed by atoms with Gasteiger partial charge in [-0.25, -0.2) is 13.1 Å². The number of nitrogens with two attached hydrogens (primary N) is 1. The Balaban J connectivity index is 2.17. The Labute approximate surface area is 112 Å². The van der Waals surface area contributed by atoms with Crippen LogP contribution in [0.3, 0.4) is 0 Å². The topological polar surface area (TPSA) is 92.5 Å². The first-order valence-electron chi connectivity index (χ1n) is 6.02. The van der Waals surface area contributed by atoms with Gasteiger partial charge in [-0.1, -0.05) is 0 Å². The minimum Gasteiger partial charge on any atom is -0.337 e. The summed E-state index contributed by atoms with van der Waals surface area (Å²) in [6.07, 6.45) is 0.804. The van der Waals surface area contributed by atoms with Gasteiger partial charge in [-0.05, 0) is 37.7 Å². The van der Waals surface area contributed by atoms with Crippen LogP contribution in [-0.2, 0) is 10.0 Å². The minimum atomic E-state index is -3.46. The maximum Gasteiger partial charge on any atom is 0.253 e. The van der Waals surface area contributed by atoms with Gasteiger partial charge >= 0.3 is 0 Å². The zero-order valence-corrected chi connectivity index (χ0v) is 11.5. The predicted molar refractivity (Wildman–Crippen MR) is 71.2 cm³/mol. The van der Waals surface area contributed by atoms with Crippen molar-refractivity contribution in [2.45, 2.75) is 17.4 Å². The number of rotatable bonds is 3. The third-order valence-electron chi connectivity index (χ3n) is 3.19. The average molecular weight is 283 g/mol. The highest BCUT2D eigenvalue weighted by Gasteiger charge is 2.24. The highest BCUT2D eigenvalue weighted by atomic mass is 32.2. The Hall–Kier alpha value is -1.44. The number of hydrogen-bond acceptors (Lipinski definition) is 4. The van der Waals surface area contributed by atoms with Gasteiger partial charge in [0.1, 0.15) is 0 Å². The third-order valence-corrected chi connectivity index (χ3v) is 4.62. The molecule has 1 fully saturated rings. The molecule has 0 aromatic heterocycles. The number of amides is 1. The molecule has 1 aliphatic rings. The van der Waals surface area contributed by atoms with Crippen molar-refractivity contribution in [3.8, 4) is 0 Å². The van der Waals surface area contributed by atoms with Gasteiger partial charge in [0.25, 0.3) is 5.91 Å². The summed E-state index contributed by atoms with van der Waals surface area (Å²) >= 11 is 0. The predicted octanol–water partition coefficient (Wildman–Crippen LogP) is -0.232. The van der Waals surface area contributed by atoms with Gasteiger partial charge in [0.2, 0.25) is 10.0 Å². The zero-order valence-electron chi connectivity index (χ0n) is 10.7. The van der Waals surface area contributed by atoms with Crippen LogP contribution in [0.2, 0.25) is 0 Å². The second kappa shape index (κ2) is 5.28. The largest absolute Gasteiger partial charge is 0.337 e. The molecule has 19 heavy (non-hydrogen) atoms. The van der Waals surface area contributed by atoms with Crippen LogP contribution >= 0.6 is 0 Å². The summed E-state index contributed by atoms with van der Waals surface area (Å²) < 4.78 is 25.3. The monoisotopic (exact) mass is 283 g/mol. The smallest absolute Gasteiger partial charge is 0.253 e. The number of carbonyl (C=O) groups excluding carboxylic acids is 1. The van der Waals surface area contributed by atoms with Crippen LogP contribution in [-0.4, -0.2) is 45.4 Å². The molecule has 6 nitrogen and oxygen atoms in total. The summed E-state index contributed by atoms with van der Waals surface area (Å²) in [5.74, 6) is -0.110. The SMILES string of the molecule is CNS(=O)(=O)c1ccc(C(=O)N2CC[C@@H](N)C2)cc1. The van der Waals surface area contributed by atoms with Crippen LogP contribution in [0.4, 0.5) is 0 Å². The van der Waals surface area contributed by atoms with E-state index in [-0.39, 0.29) is 16.8 Å². The molecule has 1 saturated heterocycles. The van der Waals surface area contributed by atoms with Gasteiger partial charge in [-0.3, -0.25) is 4.79 Å². The molecular weight excluding hydrogens is 266 g/mol. The highest BCUT2D eigenvalue weighted by molar-refractivity contribution is 7.89. The normalized spacial score (nSPS) is 19.7. The van der Waals surface area contributed by atoms with Crippen molar-refractivity contribution in [1.82, 2.24) is 9.62 Å². The van der Waals surface area contributed by atoms with Crippen molar-refractivity contribution < 1.29 is 13.2 Å². The van der Waals surface area contributed by atoms with Crippen LogP contribution in [0.15, 0.2) is 29.2 Å². The van der Waals surface area contributed by atoms with Crippen molar-refractivity contribution in [1.29, 1.82) is 0 Å². The number of nitrogens with zero attached hydrogens (tertiary/aromatic N) is 1. The summed E-state index contributed by atoms with van der Waals surface area (Å²) in [7, 11) is -2.12. The number of sulfonamides is 1. The van der Waals surface area contributed by atoms with Gasteiger partial charge in [-0.2, -0.15) is 0 Å². The Morgan fingerprint density at radius 1 is 1.37 bits per heavy atom. The first-order valence-corrected chi connectivity index (χ1v) is 7.51. The molecule has 1 aromatic rings. The maximum atomic E-state index is 12.1. The zero-order chi connectivity index (χ0) is 14.0. The fourth-order valence-electron chi connectivity index (χ4n) is 2.05. The fourth-order valence-corrected chi connectivity index (χ4v) is 2.78. The van der Waals surface area contributed by atoms with E-state index in [0.717, 1.165) is 6.42 Å². The van der Waals surface area contributed by atoms with Crippen LogP contribution in [0.1, 0.15) is 16.8 Å². The van der Waals surface area contributed by atoms with Crippen LogP contribution in [0, 0.1) is 0 Å². The molecule has 1 aromatic carbocycles. The molecule has 0 bridgehead atoms. The number of benzene rings is 1. The molecule has 1 amide bonds. The average Bonchev–Trinajstić information content (AvgIpc) is 2.85. The lowest BCUT2D eigenvalue weighted by molar-refractivity contribution is 0.0791. The lowest BCUT2D eigenvalue weighted by Gasteiger charge is -2.15. The number of carbonyl (C=O) groups is 1. The van der Waals surface area contributed by atoms with Crippen LogP contribution < -0.4 is 10.5 Å². The van der Waals surface area contributed by atoms with Crippen LogP contribution in [0.5, 0.6) is 0 Å². The fraction of sp³-hybridized carbons (Fsp3) is 0.417. The summed E-state index contributed by atoms with van der Waals surface area (Å²) in [6.45, 7) is 1.20. The Morgan fingerprint density at radius 2 is 2.00 bits per heavy atom. The van der Waals surface area contributed by atoms with Gasteiger partial charge in [-0.15, -0.1) is 0 Å². The van der Waals surface area contributed by atoms with E-state index in [2.05, 4.69) is 4.72 Å². The van der Waals surface area contributed by atoms with E-state index < -0.39 is 10.0 Å². The first-order chi connectivity index (χ1) is 8.94. The first kappa shape index (κ1) is 14.0. The molecule has 1 aliphatic heterocycles. The summed E-state index contributed by atoms with van der Waals surface area (Å²) in [5, 5.41) is 0. The van der Waals surface area contributed by atoms with Gasteiger partial charge in [0.15, 0.2) is 0 Å². The van der Waals surface area contributed by atoms with E-state index in [0.29, 0.717) is 18.7 Å². The maximum absolute atomic E-state index is 12.1. The molecule has 2 rings (SSSR count). The van der Waals surface area contributed by atoms with Crippen molar-refractivity contribution >= 4 is 15.9 Å². The number of hydrogen-bond donors (Lipinski definition) is 2. The molecule has 0 saturated carbocycles. The molecule has 0 radical (unpaired) electrons. The van der Waals surface area contributed by atoms with E-state index >= 15 is 0 Å². The van der Waals surface area contributed by atoms with E-state index in [9.17, 15) is 13.2 Å². The van der Waals surface area contributed by atoms with Crippen molar-refractivity contribution in [2.75, 3.05) is 20.1 Å². The van der Waals surface area contributed by atoms with Gasteiger partial charge < -0.3 is 10.6 Å². The van der Waals surface area contributed by atoms with E-state index in [1.165, 1.54) is 31.3 Å². The van der Waals surface area contributed by atoms with Crippen molar-refractivity contribution in [3.63, 3.8) is 0 Å². The summed E-state index contributed by atoms with van der Waals surface area (Å²) in [4.78, 5) is 14.0. The Bertz CT molecular complexity index is 568. The number of likely N-dealkylation sites (tertiary alicyclic amines) is 1. The summed E-state index contributed by atoms with van der Waals surface area (Å²) in [5.41, 5.74) is 6.23. The molecule has 0 unspecified atom stereocenters. The standard InChI is InChI=1S/C12H17N3O3S/c1-14-19(17,18)11-4-2-9(3-5-11)12(16)15-7-6-10(13)8-15/h2-5,10,14H,6-8,13H2,1H3/t10-/m1/s1. The second-order valence-electron chi connectivity index (χ2n) is 4.53. The van der Waals surface area contributed by atoms with Gasteiger partial charge in [0.05, 0.1) is 4.90 Å². The van der Waals surface area contributed by atoms with Crippen LogP contribution in [0.25, 0.3) is 0 Å². The lowest BCUT2D eigenvalue weighted by atomic mass is 10.2.